The first kappa shape index (κ1) is 8.94. The molecule has 1 fully saturated rings. The Labute approximate surface area is 67.1 Å². The zero-order valence-corrected chi connectivity index (χ0v) is 6.98. The van der Waals surface area contributed by atoms with Crippen molar-refractivity contribution in [3.63, 3.8) is 0 Å². The number of nitrogens with one attached hydrogen (secondary N) is 1. The molecule has 2 nitrogen and oxygen atoms in total. The molecule has 1 aliphatic rings. The molecule has 66 valence electrons. The van der Waals surface area contributed by atoms with Gasteiger partial charge in [-0.3, -0.25) is 0 Å². The molecule has 0 bridgehead atoms. The van der Waals surface area contributed by atoms with E-state index in [4.69, 9.17) is 4.74 Å². The van der Waals surface area contributed by atoms with Crippen LogP contribution in [0.5, 0.6) is 0 Å². The van der Waals surface area contributed by atoms with Gasteiger partial charge in [-0.05, 0) is 19.3 Å². The van der Waals surface area contributed by atoms with Crippen LogP contribution in [0.15, 0.2) is 0 Å². The van der Waals surface area contributed by atoms with Crippen LogP contribution in [-0.2, 0) is 4.74 Å². The number of ether oxygens (including phenoxy) is 1. The summed E-state index contributed by atoms with van der Waals surface area (Å²) in [5.74, 6) is 0.585. The molecule has 2 unspecified atom stereocenters. The molecule has 1 N–H and O–H groups in total. The Balaban J connectivity index is 2.12. The van der Waals surface area contributed by atoms with Crippen molar-refractivity contribution in [3.05, 3.63) is 0 Å². The predicted octanol–water partition coefficient (Wildman–Crippen LogP) is 0.970. The monoisotopic (exact) mass is 161 g/mol. The first-order valence-corrected chi connectivity index (χ1v) is 4.21. The minimum absolute atomic E-state index is 0.280. The van der Waals surface area contributed by atoms with Crippen molar-refractivity contribution >= 4 is 0 Å². The molecule has 0 aliphatic carbocycles. The fourth-order valence-electron chi connectivity index (χ4n) is 1.40. The van der Waals surface area contributed by atoms with Gasteiger partial charge in [0.05, 0.1) is 6.61 Å². The van der Waals surface area contributed by atoms with Crippen LogP contribution in [-0.4, -0.2) is 32.5 Å². The lowest BCUT2D eigenvalue weighted by molar-refractivity contribution is 0.178. The summed E-state index contributed by atoms with van der Waals surface area (Å²) in [5, 5.41) is 3.12. The molecule has 0 aromatic heterocycles. The van der Waals surface area contributed by atoms with Crippen LogP contribution in [0.1, 0.15) is 13.3 Å². The highest BCUT2D eigenvalue weighted by Gasteiger charge is 2.21. The molecular weight excluding hydrogens is 145 g/mol. The third kappa shape index (κ3) is 2.75. The molecule has 2 atom stereocenters. The van der Waals surface area contributed by atoms with E-state index < -0.39 is 0 Å². The van der Waals surface area contributed by atoms with E-state index in [-0.39, 0.29) is 6.67 Å². The van der Waals surface area contributed by atoms with Gasteiger partial charge in [-0.15, -0.1) is 0 Å². The second-order valence-corrected chi connectivity index (χ2v) is 3.06. The largest absolute Gasteiger partial charge is 0.381 e. The molecule has 0 aromatic carbocycles. The lowest BCUT2D eigenvalue weighted by Gasteiger charge is -2.17. The van der Waals surface area contributed by atoms with Crippen LogP contribution >= 0.6 is 0 Å². The molecule has 0 amide bonds. The molecule has 1 heterocycles. The van der Waals surface area contributed by atoms with Gasteiger partial charge in [0.1, 0.15) is 6.67 Å². The van der Waals surface area contributed by atoms with Crippen LogP contribution in [0.25, 0.3) is 0 Å². The van der Waals surface area contributed by atoms with Gasteiger partial charge < -0.3 is 10.1 Å². The minimum Gasteiger partial charge on any atom is -0.381 e. The van der Waals surface area contributed by atoms with Gasteiger partial charge in [0, 0.05) is 19.2 Å². The first-order valence-electron chi connectivity index (χ1n) is 4.21. The van der Waals surface area contributed by atoms with Crippen LogP contribution in [0.4, 0.5) is 4.39 Å². The number of halogens is 1. The van der Waals surface area contributed by atoms with Gasteiger partial charge in [-0.2, -0.15) is 0 Å². The lowest BCUT2D eigenvalue weighted by atomic mass is 10.0. The van der Waals surface area contributed by atoms with Gasteiger partial charge in [0.15, 0.2) is 0 Å². The highest BCUT2D eigenvalue weighted by Crippen LogP contribution is 2.15. The molecule has 3 heteroatoms. The molecule has 0 radical (unpaired) electrons. The Morgan fingerprint density at radius 1 is 1.73 bits per heavy atom. The summed E-state index contributed by atoms with van der Waals surface area (Å²) < 4.78 is 17.0. The van der Waals surface area contributed by atoms with Crippen LogP contribution < -0.4 is 5.32 Å². The second kappa shape index (κ2) is 4.67. The summed E-state index contributed by atoms with van der Waals surface area (Å²) in [6, 6.07) is 0.397. The quantitative estimate of drug-likeness (QED) is 0.663. The smallest absolute Gasteiger partial charge is 0.102 e. The number of hydrogen-bond acceptors (Lipinski definition) is 2. The summed E-state index contributed by atoms with van der Waals surface area (Å²) in [6.45, 7) is 3.98. The predicted molar refractivity (Wildman–Crippen MR) is 42.4 cm³/mol. The van der Waals surface area contributed by atoms with E-state index in [9.17, 15) is 4.39 Å². The van der Waals surface area contributed by atoms with Crippen LogP contribution in [0.3, 0.4) is 0 Å². The first-order chi connectivity index (χ1) is 5.34. The molecule has 1 aliphatic heterocycles. The van der Waals surface area contributed by atoms with E-state index in [1.807, 2.05) is 0 Å². The highest BCUT2D eigenvalue weighted by atomic mass is 19.1. The van der Waals surface area contributed by atoms with Crippen molar-refractivity contribution in [1.82, 2.24) is 5.32 Å². The average Bonchev–Trinajstić information content (AvgIpc) is 2.52. The Hall–Kier alpha value is -0.150. The topological polar surface area (TPSA) is 21.3 Å². The molecule has 1 rings (SSSR count). The summed E-state index contributed by atoms with van der Waals surface area (Å²) in [5.41, 5.74) is 0. The Morgan fingerprint density at radius 2 is 2.55 bits per heavy atom. The normalized spacial score (nSPS) is 27.3. The fourth-order valence-corrected chi connectivity index (χ4v) is 1.40. The molecule has 1 saturated heterocycles. The van der Waals surface area contributed by atoms with E-state index in [1.165, 1.54) is 0 Å². The van der Waals surface area contributed by atoms with Crippen molar-refractivity contribution in [2.75, 3.05) is 26.4 Å². The summed E-state index contributed by atoms with van der Waals surface area (Å²) >= 11 is 0. The van der Waals surface area contributed by atoms with Crippen LogP contribution in [0.2, 0.25) is 0 Å². The molecule has 0 saturated carbocycles. The van der Waals surface area contributed by atoms with Crippen LogP contribution in [0, 0.1) is 5.92 Å². The van der Waals surface area contributed by atoms with Gasteiger partial charge >= 0.3 is 0 Å². The molecule has 0 spiro atoms. The third-order valence-electron chi connectivity index (χ3n) is 2.23. The summed E-state index contributed by atoms with van der Waals surface area (Å²) in [6.07, 6.45) is 1.11. The maximum Gasteiger partial charge on any atom is 0.102 e. The van der Waals surface area contributed by atoms with Crippen molar-refractivity contribution in [2.45, 2.75) is 19.4 Å². The van der Waals surface area contributed by atoms with Crippen molar-refractivity contribution in [3.8, 4) is 0 Å². The third-order valence-corrected chi connectivity index (χ3v) is 2.23. The Kier molecular flexibility index (Phi) is 3.80. The summed E-state index contributed by atoms with van der Waals surface area (Å²) in [4.78, 5) is 0. The maximum atomic E-state index is 11.7. The zero-order chi connectivity index (χ0) is 8.10. The number of rotatable bonds is 4. The minimum atomic E-state index is -0.280. The Bertz CT molecular complexity index is 104. The standard InChI is InChI=1S/C8H16FNO/c1-7(10-4-3-9)8-2-5-11-6-8/h7-8,10H,2-6H2,1H3. The molecule has 0 aromatic rings. The van der Waals surface area contributed by atoms with E-state index in [2.05, 4.69) is 12.2 Å². The zero-order valence-electron chi connectivity index (χ0n) is 6.98. The van der Waals surface area contributed by atoms with Gasteiger partial charge in [0.2, 0.25) is 0 Å². The lowest BCUT2D eigenvalue weighted by Crippen LogP contribution is -2.35. The van der Waals surface area contributed by atoms with E-state index in [1.54, 1.807) is 0 Å². The molecular formula is C8H16FNO. The second-order valence-electron chi connectivity index (χ2n) is 3.06. The summed E-state index contributed by atoms with van der Waals surface area (Å²) in [7, 11) is 0. The number of hydrogen-bond donors (Lipinski definition) is 1. The van der Waals surface area contributed by atoms with E-state index in [0.717, 1.165) is 19.6 Å². The van der Waals surface area contributed by atoms with E-state index >= 15 is 0 Å². The average molecular weight is 161 g/mol. The van der Waals surface area contributed by atoms with Crippen molar-refractivity contribution in [2.24, 2.45) is 5.92 Å². The molecule has 11 heavy (non-hydrogen) atoms. The van der Waals surface area contributed by atoms with Gasteiger partial charge in [-0.25, -0.2) is 4.39 Å². The number of alkyl halides is 1. The fraction of sp³-hybridized carbons (Fsp3) is 1.00. The Morgan fingerprint density at radius 3 is 3.09 bits per heavy atom. The SMILES string of the molecule is CC(NCCF)C1CCOC1. The maximum absolute atomic E-state index is 11.7. The van der Waals surface area contributed by atoms with Gasteiger partial charge in [0.25, 0.3) is 0 Å². The van der Waals surface area contributed by atoms with E-state index in [0.29, 0.717) is 18.5 Å². The highest BCUT2D eigenvalue weighted by molar-refractivity contribution is 4.75. The van der Waals surface area contributed by atoms with Crippen molar-refractivity contribution in [1.29, 1.82) is 0 Å². The van der Waals surface area contributed by atoms with Crippen molar-refractivity contribution < 1.29 is 9.13 Å². The van der Waals surface area contributed by atoms with Gasteiger partial charge in [-0.1, -0.05) is 0 Å².